The molecule has 0 saturated carbocycles. The van der Waals surface area contributed by atoms with Crippen LogP contribution in [0.25, 0.3) is 0 Å². The van der Waals surface area contributed by atoms with E-state index in [-0.39, 0.29) is 17.3 Å². The van der Waals surface area contributed by atoms with Crippen LogP contribution in [-0.4, -0.2) is 40.5 Å². The van der Waals surface area contributed by atoms with Crippen LogP contribution in [0.3, 0.4) is 0 Å². The Bertz CT molecular complexity index is 623. The van der Waals surface area contributed by atoms with Crippen LogP contribution in [0, 0.1) is 12.8 Å². The van der Waals surface area contributed by atoms with E-state index in [1.54, 1.807) is 24.3 Å². The number of benzene rings is 1. The maximum Gasteiger partial charge on any atom is 0.240 e. The lowest BCUT2D eigenvalue weighted by atomic mass is 9.93. The Balaban J connectivity index is 1.64. The molecule has 1 amide bonds. The van der Waals surface area contributed by atoms with E-state index in [9.17, 15) is 13.2 Å². The van der Waals surface area contributed by atoms with Crippen LogP contribution >= 0.6 is 0 Å². The predicted molar refractivity (Wildman–Crippen MR) is 94.2 cm³/mol. The third kappa shape index (κ3) is 6.22. The molecule has 1 saturated heterocycles. The Labute approximate surface area is 144 Å². The maximum absolute atomic E-state index is 12.1. The molecule has 0 spiro atoms. The normalized spacial score (nSPS) is 16.0. The summed E-state index contributed by atoms with van der Waals surface area (Å²) in [4.78, 5) is 12.1. The van der Waals surface area contributed by atoms with Gasteiger partial charge in [-0.1, -0.05) is 17.7 Å². The van der Waals surface area contributed by atoms with E-state index in [1.807, 2.05) is 6.92 Å². The Kier molecular flexibility index (Phi) is 7.20. The molecule has 7 heteroatoms. The number of aryl methyl sites for hydroxylation is 1. The summed E-state index contributed by atoms with van der Waals surface area (Å²) in [5.74, 6) is 0.611. The average Bonchev–Trinajstić information content (AvgIpc) is 2.58. The summed E-state index contributed by atoms with van der Waals surface area (Å²) >= 11 is 0. The molecule has 3 N–H and O–H groups in total. The minimum atomic E-state index is -3.51. The molecule has 24 heavy (non-hydrogen) atoms. The molecule has 0 unspecified atom stereocenters. The highest BCUT2D eigenvalue weighted by molar-refractivity contribution is 7.89. The van der Waals surface area contributed by atoms with Crippen LogP contribution in [0.5, 0.6) is 0 Å². The zero-order valence-corrected chi connectivity index (χ0v) is 15.0. The molecular weight excluding hydrogens is 326 g/mol. The van der Waals surface area contributed by atoms with E-state index in [2.05, 4.69) is 15.4 Å². The molecule has 1 aliphatic heterocycles. The monoisotopic (exact) mass is 353 g/mol. The fraction of sp³-hybridized carbons (Fsp3) is 0.588. The second-order valence-corrected chi connectivity index (χ2v) is 8.06. The maximum atomic E-state index is 12.1. The SMILES string of the molecule is Cc1ccc(S(=O)(=O)NCCNC(=O)CCC2CCNCC2)cc1. The van der Waals surface area contributed by atoms with Crippen molar-refractivity contribution >= 4 is 15.9 Å². The molecule has 0 aliphatic carbocycles. The van der Waals surface area contributed by atoms with E-state index in [1.165, 1.54) is 0 Å². The number of sulfonamides is 1. The topological polar surface area (TPSA) is 87.3 Å². The van der Waals surface area contributed by atoms with Crippen LogP contribution in [0.2, 0.25) is 0 Å². The fourth-order valence-corrected chi connectivity index (χ4v) is 3.81. The Morgan fingerprint density at radius 1 is 1.17 bits per heavy atom. The van der Waals surface area contributed by atoms with Gasteiger partial charge in [0.05, 0.1) is 4.90 Å². The number of carbonyl (C=O) groups is 1. The van der Waals surface area contributed by atoms with Crippen molar-refractivity contribution < 1.29 is 13.2 Å². The first-order chi connectivity index (χ1) is 11.5. The van der Waals surface area contributed by atoms with Gasteiger partial charge in [0, 0.05) is 19.5 Å². The minimum Gasteiger partial charge on any atom is -0.355 e. The van der Waals surface area contributed by atoms with Crippen LogP contribution in [-0.2, 0) is 14.8 Å². The summed E-state index contributed by atoms with van der Waals surface area (Å²) in [6, 6.07) is 6.68. The molecule has 0 bridgehead atoms. The van der Waals surface area contributed by atoms with Crippen LogP contribution in [0.4, 0.5) is 0 Å². The smallest absolute Gasteiger partial charge is 0.240 e. The van der Waals surface area contributed by atoms with Gasteiger partial charge in [0.1, 0.15) is 0 Å². The second kappa shape index (κ2) is 9.15. The predicted octanol–water partition coefficient (Wildman–Crippen LogP) is 1.17. The van der Waals surface area contributed by atoms with Gasteiger partial charge in [-0.05, 0) is 57.3 Å². The van der Waals surface area contributed by atoms with Gasteiger partial charge < -0.3 is 10.6 Å². The lowest BCUT2D eigenvalue weighted by Gasteiger charge is -2.22. The summed E-state index contributed by atoms with van der Waals surface area (Å²) in [5, 5.41) is 6.08. The van der Waals surface area contributed by atoms with Gasteiger partial charge in [0.25, 0.3) is 0 Å². The van der Waals surface area contributed by atoms with E-state index >= 15 is 0 Å². The van der Waals surface area contributed by atoms with E-state index < -0.39 is 10.0 Å². The zero-order chi connectivity index (χ0) is 17.4. The van der Waals surface area contributed by atoms with Crippen LogP contribution in [0.15, 0.2) is 29.2 Å². The van der Waals surface area contributed by atoms with Crippen molar-refractivity contribution in [1.82, 2.24) is 15.4 Å². The van der Waals surface area contributed by atoms with Crippen molar-refractivity contribution in [2.24, 2.45) is 5.92 Å². The summed E-state index contributed by atoms with van der Waals surface area (Å²) < 4.78 is 26.7. The van der Waals surface area contributed by atoms with Gasteiger partial charge in [-0.15, -0.1) is 0 Å². The first-order valence-corrected chi connectivity index (χ1v) is 9.99. The van der Waals surface area contributed by atoms with Crippen LogP contribution < -0.4 is 15.4 Å². The number of amides is 1. The quantitative estimate of drug-likeness (QED) is 0.612. The molecule has 1 aliphatic rings. The van der Waals surface area contributed by atoms with Crippen molar-refractivity contribution in [3.63, 3.8) is 0 Å². The van der Waals surface area contributed by atoms with Gasteiger partial charge in [-0.3, -0.25) is 4.79 Å². The molecule has 1 heterocycles. The molecular formula is C17H27N3O3S. The van der Waals surface area contributed by atoms with E-state index in [0.717, 1.165) is 37.9 Å². The highest BCUT2D eigenvalue weighted by Gasteiger charge is 2.15. The number of carbonyl (C=O) groups excluding carboxylic acids is 1. The number of nitrogens with one attached hydrogen (secondary N) is 3. The molecule has 6 nitrogen and oxygen atoms in total. The first kappa shape index (κ1) is 18.9. The highest BCUT2D eigenvalue weighted by Crippen LogP contribution is 2.17. The third-order valence-electron chi connectivity index (χ3n) is 4.31. The minimum absolute atomic E-state index is 0.0110. The fourth-order valence-electron chi connectivity index (χ4n) is 2.78. The summed E-state index contributed by atoms with van der Waals surface area (Å²) in [6.45, 7) is 4.47. The molecule has 0 aromatic heterocycles. The standard InChI is InChI=1S/C17H27N3O3S/c1-14-2-5-16(6-3-14)24(22,23)20-13-12-19-17(21)7-4-15-8-10-18-11-9-15/h2-3,5-6,15,18,20H,4,7-13H2,1H3,(H,19,21). The van der Waals surface area contributed by atoms with Crippen LogP contribution in [0.1, 0.15) is 31.2 Å². The summed E-state index contributed by atoms with van der Waals surface area (Å²) in [6.07, 6.45) is 3.67. The van der Waals surface area contributed by atoms with Crippen molar-refractivity contribution in [1.29, 1.82) is 0 Å². The van der Waals surface area contributed by atoms with Gasteiger partial charge in [0.2, 0.25) is 15.9 Å². The lowest BCUT2D eigenvalue weighted by Crippen LogP contribution is -2.35. The van der Waals surface area contributed by atoms with Crippen molar-refractivity contribution in [3.8, 4) is 0 Å². The number of hydrogen-bond acceptors (Lipinski definition) is 4. The Morgan fingerprint density at radius 3 is 2.50 bits per heavy atom. The Hall–Kier alpha value is -1.44. The lowest BCUT2D eigenvalue weighted by molar-refractivity contribution is -0.121. The second-order valence-electron chi connectivity index (χ2n) is 6.29. The van der Waals surface area contributed by atoms with Crippen molar-refractivity contribution in [3.05, 3.63) is 29.8 Å². The van der Waals surface area contributed by atoms with Gasteiger partial charge in [-0.25, -0.2) is 13.1 Å². The molecule has 1 aromatic carbocycles. The number of piperidine rings is 1. The number of rotatable bonds is 8. The van der Waals surface area contributed by atoms with E-state index in [4.69, 9.17) is 0 Å². The number of hydrogen-bond donors (Lipinski definition) is 3. The van der Waals surface area contributed by atoms with Gasteiger partial charge >= 0.3 is 0 Å². The van der Waals surface area contributed by atoms with Crippen molar-refractivity contribution in [2.45, 2.75) is 37.5 Å². The van der Waals surface area contributed by atoms with Gasteiger partial charge in [-0.2, -0.15) is 0 Å². The van der Waals surface area contributed by atoms with Gasteiger partial charge in [0.15, 0.2) is 0 Å². The first-order valence-electron chi connectivity index (χ1n) is 8.51. The molecule has 0 atom stereocenters. The molecule has 1 fully saturated rings. The average molecular weight is 353 g/mol. The molecule has 2 rings (SSSR count). The highest BCUT2D eigenvalue weighted by atomic mass is 32.2. The summed E-state index contributed by atoms with van der Waals surface area (Å²) in [7, 11) is -3.51. The molecule has 134 valence electrons. The van der Waals surface area contributed by atoms with E-state index in [0.29, 0.717) is 18.9 Å². The Morgan fingerprint density at radius 2 is 1.83 bits per heavy atom. The van der Waals surface area contributed by atoms with Crippen molar-refractivity contribution in [2.75, 3.05) is 26.2 Å². The molecule has 0 radical (unpaired) electrons. The zero-order valence-electron chi connectivity index (χ0n) is 14.2. The largest absolute Gasteiger partial charge is 0.355 e. The summed E-state index contributed by atoms with van der Waals surface area (Å²) in [5.41, 5.74) is 1.01. The third-order valence-corrected chi connectivity index (χ3v) is 5.79. The molecule has 1 aromatic rings.